The molecule has 4 heterocycles. The molecule has 0 aromatic heterocycles. The third kappa shape index (κ3) is 14.8. The largest absolute Gasteiger partial charge is 0.491 e. The van der Waals surface area contributed by atoms with Crippen LogP contribution in [0.4, 0.5) is 0 Å². The van der Waals surface area contributed by atoms with Gasteiger partial charge in [-0.25, -0.2) is 0 Å². The van der Waals surface area contributed by atoms with Gasteiger partial charge >= 0.3 is 0 Å². The van der Waals surface area contributed by atoms with Gasteiger partial charge in [-0.3, -0.25) is 9.11 Å². The van der Waals surface area contributed by atoms with Gasteiger partial charge in [-0.1, -0.05) is 0 Å². The lowest BCUT2D eigenvalue weighted by atomic mass is 10.3. The standard InChI is InChI=1S/C28H40O16S2/c29-45(30,31)27-21-23-1-3-25(27)43-19-15-39-11-7-36-6-10-38-14-18-42-24-2-4-26(28(22-24)46(32,33)34)44-20-16-40-12-8-35-5-9-37-13-17-41-23/h1-4,21-22H,5-20H2,(H,29,30,31)(H,32,33,34). The van der Waals surface area contributed by atoms with Crippen LogP contribution in [0.1, 0.15) is 0 Å². The number of hydrogen-bond donors (Lipinski definition) is 2. The zero-order valence-corrected chi connectivity index (χ0v) is 26.8. The van der Waals surface area contributed by atoms with Crippen molar-refractivity contribution in [3.63, 3.8) is 0 Å². The molecule has 0 fully saturated rings. The van der Waals surface area contributed by atoms with Crippen molar-refractivity contribution in [3.05, 3.63) is 36.4 Å². The van der Waals surface area contributed by atoms with Gasteiger partial charge < -0.3 is 47.4 Å². The smallest absolute Gasteiger partial charge is 0.298 e. The molecule has 0 saturated heterocycles. The van der Waals surface area contributed by atoms with Crippen LogP contribution in [0.2, 0.25) is 0 Å². The van der Waals surface area contributed by atoms with E-state index in [1.807, 2.05) is 0 Å². The van der Waals surface area contributed by atoms with E-state index < -0.39 is 30.0 Å². The summed E-state index contributed by atoms with van der Waals surface area (Å²) in [5, 5.41) is 0. The number of ether oxygens (including phenoxy) is 10. The Kier molecular flexibility index (Phi) is 16.8. The minimum Gasteiger partial charge on any atom is -0.491 e. The Morgan fingerprint density at radius 1 is 0.391 bits per heavy atom. The third-order valence-electron chi connectivity index (χ3n) is 5.84. The van der Waals surface area contributed by atoms with Gasteiger partial charge in [0.1, 0.15) is 59.2 Å². The Morgan fingerprint density at radius 3 is 0.935 bits per heavy atom. The fourth-order valence-electron chi connectivity index (χ4n) is 3.74. The quantitative estimate of drug-likeness (QED) is 0.428. The monoisotopic (exact) mass is 696 g/mol. The van der Waals surface area contributed by atoms with Crippen molar-refractivity contribution < 1.29 is 73.3 Å². The van der Waals surface area contributed by atoms with Crippen molar-refractivity contribution in [2.24, 2.45) is 0 Å². The predicted octanol–water partition coefficient (Wildman–Crippen LogP) is 1.51. The summed E-state index contributed by atoms with van der Waals surface area (Å²) in [6.07, 6.45) is 0. The molecule has 0 spiro atoms. The molecule has 0 radical (unpaired) electrons. The van der Waals surface area contributed by atoms with Crippen LogP contribution in [0.15, 0.2) is 46.2 Å². The van der Waals surface area contributed by atoms with Crippen molar-refractivity contribution in [2.75, 3.05) is 106 Å². The predicted molar refractivity (Wildman–Crippen MR) is 159 cm³/mol. The van der Waals surface area contributed by atoms with Crippen LogP contribution in [-0.4, -0.2) is 132 Å². The summed E-state index contributed by atoms with van der Waals surface area (Å²) in [6.45, 7) is 3.12. The van der Waals surface area contributed by atoms with E-state index in [2.05, 4.69) is 0 Å². The summed E-state index contributed by atoms with van der Waals surface area (Å²) in [5.74, 6) is 0.311. The van der Waals surface area contributed by atoms with Gasteiger partial charge in [-0.05, 0) is 24.3 Å². The lowest BCUT2D eigenvalue weighted by molar-refractivity contribution is 0.00446. The maximum absolute atomic E-state index is 11.9. The molecule has 0 atom stereocenters. The van der Waals surface area contributed by atoms with E-state index in [-0.39, 0.29) is 129 Å². The highest BCUT2D eigenvalue weighted by atomic mass is 32.2. The van der Waals surface area contributed by atoms with E-state index in [9.17, 15) is 25.9 Å². The maximum atomic E-state index is 11.9. The van der Waals surface area contributed by atoms with Crippen molar-refractivity contribution in [1.82, 2.24) is 0 Å². The first-order chi connectivity index (χ1) is 22.1. The van der Waals surface area contributed by atoms with Crippen LogP contribution >= 0.6 is 0 Å². The summed E-state index contributed by atoms with van der Waals surface area (Å²) in [6, 6.07) is 8.11. The fourth-order valence-corrected chi connectivity index (χ4v) is 5.03. The van der Waals surface area contributed by atoms with Crippen molar-refractivity contribution in [3.8, 4) is 23.0 Å². The molecule has 16 nitrogen and oxygen atoms in total. The lowest BCUT2D eigenvalue weighted by Gasteiger charge is -2.13. The third-order valence-corrected chi connectivity index (χ3v) is 7.59. The fraction of sp³-hybridized carbons (Fsp3) is 0.571. The molecule has 260 valence electrons. The lowest BCUT2D eigenvalue weighted by Crippen LogP contribution is -2.15. The summed E-state index contributed by atoms with van der Waals surface area (Å²) in [5.41, 5.74) is 0. The van der Waals surface area contributed by atoms with E-state index in [1.54, 1.807) is 0 Å². The second kappa shape index (κ2) is 20.5. The summed E-state index contributed by atoms with van der Waals surface area (Å²) >= 11 is 0. The molecule has 2 aromatic carbocycles. The van der Waals surface area contributed by atoms with Crippen LogP contribution in [0.25, 0.3) is 0 Å². The number of benzene rings is 2. The van der Waals surface area contributed by atoms with E-state index >= 15 is 0 Å². The summed E-state index contributed by atoms with van der Waals surface area (Å²) in [4.78, 5) is -0.862. The molecule has 4 bridgehead atoms. The Hall–Kier alpha value is -2.78. The molecule has 4 aliphatic heterocycles. The van der Waals surface area contributed by atoms with E-state index in [0.717, 1.165) is 12.1 Å². The van der Waals surface area contributed by atoms with Gasteiger partial charge in [-0.15, -0.1) is 0 Å². The Labute approximate surface area is 268 Å². The second-order valence-corrected chi connectivity index (χ2v) is 12.0. The first kappa shape index (κ1) is 37.7. The van der Waals surface area contributed by atoms with Gasteiger partial charge in [0, 0.05) is 12.1 Å². The van der Waals surface area contributed by atoms with Gasteiger partial charge in [0.2, 0.25) is 0 Å². The minimum atomic E-state index is -4.58. The first-order valence-electron chi connectivity index (χ1n) is 14.4. The van der Waals surface area contributed by atoms with Crippen LogP contribution in [-0.2, 0) is 48.7 Å². The molecular weight excluding hydrogens is 656 g/mol. The summed E-state index contributed by atoms with van der Waals surface area (Å²) < 4.78 is 121. The Bertz CT molecular complexity index is 1280. The molecule has 6 rings (SSSR count). The van der Waals surface area contributed by atoms with Crippen LogP contribution < -0.4 is 18.9 Å². The molecule has 0 saturated carbocycles. The van der Waals surface area contributed by atoms with Gasteiger partial charge in [0.05, 0.1) is 79.3 Å². The SMILES string of the molecule is O=S(=O)(O)c1cc2ccc1OCCOCCOCCOCCOc1ccc(c(S(=O)(=O)O)c1)OCCOCCOCCOCCO2. The molecule has 46 heavy (non-hydrogen) atoms. The average Bonchev–Trinajstić information content (AvgIpc) is 3.01. The second-order valence-electron chi connectivity index (χ2n) is 9.24. The molecule has 2 N–H and O–H groups in total. The molecular formula is C28H40O16S2. The molecule has 18 heteroatoms. The first-order valence-corrected chi connectivity index (χ1v) is 17.2. The van der Waals surface area contributed by atoms with Crippen molar-refractivity contribution >= 4 is 20.2 Å². The maximum Gasteiger partial charge on any atom is 0.298 e. The highest BCUT2D eigenvalue weighted by Crippen LogP contribution is 2.29. The zero-order valence-electron chi connectivity index (χ0n) is 25.2. The molecule has 0 amide bonds. The summed E-state index contributed by atoms with van der Waals surface area (Å²) in [7, 11) is -9.15. The number of rotatable bonds is 2. The van der Waals surface area contributed by atoms with Gasteiger partial charge in [0.25, 0.3) is 20.2 Å². The average molecular weight is 697 g/mol. The Morgan fingerprint density at radius 2 is 0.652 bits per heavy atom. The van der Waals surface area contributed by atoms with E-state index in [0.29, 0.717) is 0 Å². The van der Waals surface area contributed by atoms with Gasteiger partial charge in [-0.2, -0.15) is 16.8 Å². The molecule has 0 aliphatic carbocycles. The minimum absolute atomic E-state index is 0.0232. The van der Waals surface area contributed by atoms with Gasteiger partial charge in [0.15, 0.2) is 0 Å². The van der Waals surface area contributed by atoms with E-state index in [4.69, 9.17) is 47.4 Å². The van der Waals surface area contributed by atoms with Crippen LogP contribution in [0, 0.1) is 0 Å². The molecule has 4 aliphatic rings. The number of hydrogen-bond acceptors (Lipinski definition) is 14. The highest BCUT2D eigenvalue weighted by Gasteiger charge is 2.19. The topological polar surface area (TPSA) is 201 Å². The van der Waals surface area contributed by atoms with Crippen LogP contribution in [0.5, 0.6) is 23.0 Å². The van der Waals surface area contributed by atoms with Crippen molar-refractivity contribution in [1.29, 1.82) is 0 Å². The molecule has 2 aromatic rings. The molecule has 0 unspecified atom stereocenters. The Balaban J connectivity index is 1.49. The van der Waals surface area contributed by atoms with Crippen LogP contribution in [0.3, 0.4) is 0 Å². The van der Waals surface area contributed by atoms with E-state index in [1.165, 1.54) is 24.3 Å². The normalized spacial score (nSPS) is 18.7. The van der Waals surface area contributed by atoms with Crippen molar-refractivity contribution in [2.45, 2.75) is 9.79 Å². The highest BCUT2D eigenvalue weighted by molar-refractivity contribution is 7.86. The zero-order chi connectivity index (χ0) is 33.1.